The molecule has 0 N–H and O–H groups in total. The molecule has 6 aromatic carbocycles. The largest absolute Gasteiger partial charge is 0.256 e. The van der Waals surface area contributed by atoms with Crippen molar-refractivity contribution in [2.75, 3.05) is 0 Å². The molecule has 1 nitrogen and oxygen atoms in total. The van der Waals surface area contributed by atoms with Crippen LogP contribution in [0.15, 0.2) is 115 Å². The lowest BCUT2D eigenvalue weighted by atomic mass is 9.81. The summed E-state index contributed by atoms with van der Waals surface area (Å²) >= 11 is 0. The summed E-state index contributed by atoms with van der Waals surface area (Å²) in [5.41, 5.74) is 13.0. The van der Waals surface area contributed by atoms with E-state index in [1.165, 1.54) is 82.4 Å². The summed E-state index contributed by atoms with van der Waals surface area (Å²) in [6, 6.07) is 40.7. The first-order valence-electron chi connectivity index (χ1n) is 13.7. The molecule has 0 unspecified atom stereocenters. The van der Waals surface area contributed by atoms with Gasteiger partial charge in [0.1, 0.15) is 0 Å². The van der Waals surface area contributed by atoms with Crippen LogP contribution in [0.5, 0.6) is 0 Å². The van der Waals surface area contributed by atoms with E-state index in [9.17, 15) is 0 Å². The van der Waals surface area contributed by atoms with Crippen molar-refractivity contribution in [1.82, 2.24) is 4.98 Å². The predicted molar refractivity (Wildman–Crippen MR) is 164 cm³/mol. The monoisotopic (exact) mass is 495 g/mol. The highest BCUT2D eigenvalue weighted by molar-refractivity contribution is 6.28. The normalized spacial score (nSPS) is 14.1. The lowest BCUT2D eigenvalue weighted by Crippen LogP contribution is -2.14. The van der Waals surface area contributed by atoms with Crippen LogP contribution in [0.3, 0.4) is 0 Å². The molecule has 0 radical (unpaired) electrons. The van der Waals surface area contributed by atoms with Crippen molar-refractivity contribution in [3.05, 3.63) is 127 Å². The van der Waals surface area contributed by atoms with E-state index in [-0.39, 0.29) is 5.41 Å². The van der Waals surface area contributed by atoms with Crippen LogP contribution in [0.1, 0.15) is 25.0 Å². The second-order valence-corrected chi connectivity index (χ2v) is 11.5. The van der Waals surface area contributed by atoms with Crippen LogP contribution in [-0.2, 0) is 5.41 Å². The first kappa shape index (κ1) is 21.2. The second-order valence-electron chi connectivity index (χ2n) is 11.5. The number of hydrogen-bond donors (Lipinski definition) is 0. The molecule has 0 aliphatic heterocycles. The van der Waals surface area contributed by atoms with E-state index in [0.717, 1.165) is 5.69 Å². The van der Waals surface area contributed by atoms with Crippen LogP contribution in [0.25, 0.3) is 77.0 Å². The lowest BCUT2D eigenvalue weighted by Gasteiger charge is -2.22. The Labute approximate surface area is 227 Å². The van der Waals surface area contributed by atoms with Crippen molar-refractivity contribution < 1.29 is 0 Å². The molecule has 0 spiro atoms. The standard InChI is InChI=1S/C38H25N/c1-38(2)34-15-6-5-11-25(34)26-17-16-22(19-35(26)38)30-20-32-28-13-7-12-27-29-14-8-18-39-37(29)33(36(27)28)21-31(32)24-10-4-3-9-23(24)30/h3-21H,1-2H3. The van der Waals surface area contributed by atoms with Crippen LogP contribution >= 0.6 is 0 Å². The SMILES string of the molecule is CC1(C)c2ccccc2-c2ccc(-c3cc4c5cccc6c5c(cc4c4ccccc34)-c3ncccc3-6)cc21. The van der Waals surface area contributed by atoms with Gasteiger partial charge >= 0.3 is 0 Å². The molecule has 0 amide bonds. The summed E-state index contributed by atoms with van der Waals surface area (Å²) in [4.78, 5) is 4.82. The van der Waals surface area contributed by atoms with Crippen molar-refractivity contribution >= 4 is 32.3 Å². The predicted octanol–water partition coefficient (Wildman–Crippen LogP) is 10.2. The van der Waals surface area contributed by atoms with E-state index < -0.39 is 0 Å². The minimum atomic E-state index is -0.0252. The zero-order valence-electron chi connectivity index (χ0n) is 21.9. The molecule has 0 atom stereocenters. The van der Waals surface area contributed by atoms with Gasteiger partial charge in [-0.25, -0.2) is 0 Å². The van der Waals surface area contributed by atoms with E-state index in [4.69, 9.17) is 4.98 Å². The van der Waals surface area contributed by atoms with E-state index in [1.54, 1.807) is 0 Å². The second kappa shape index (κ2) is 7.21. The maximum Gasteiger partial charge on any atom is 0.0787 e. The number of benzene rings is 6. The first-order valence-corrected chi connectivity index (χ1v) is 13.7. The van der Waals surface area contributed by atoms with Gasteiger partial charge in [-0.3, -0.25) is 4.98 Å². The van der Waals surface area contributed by atoms with Gasteiger partial charge < -0.3 is 0 Å². The average Bonchev–Trinajstić information content (AvgIpc) is 3.43. The molecule has 9 rings (SSSR count). The molecule has 0 bridgehead atoms. The molecular formula is C38H25N. The molecule has 1 heterocycles. The van der Waals surface area contributed by atoms with Crippen molar-refractivity contribution in [3.8, 4) is 44.6 Å². The van der Waals surface area contributed by atoms with E-state index in [1.807, 2.05) is 12.3 Å². The Morgan fingerprint density at radius 3 is 2.08 bits per heavy atom. The van der Waals surface area contributed by atoms with E-state index >= 15 is 0 Å². The summed E-state index contributed by atoms with van der Waals surface area (Å²) < 4.78 is 0. The molecule has 39 heavy (non-hydrogen) atoms. The van der Waals surface area contributed by atoms with Crippen LogP contribution in [-0.4, -0.2) is 4.98 Å². The van der Waals surface area contributed by atoms with Crippen molar-refractivity contribution in [2.45, 2.75) is 19.3 Å². The van der Waals surface area contributed by atoms with Gasteiger partial charge in [0, 0.05) is 22.7 Å². The minimum absolute atomic E-state index is 0.0252. The summed E-state index contributed by atoms with van der Waals surface area (Å²) in [6.07, 6.45) is 1.91. The zero-order chi connectivity index (χ0) is 25.9. The molecule has 2 aliphatic rings. The Morgan fingerprint density at radius 1 is 0.462 bits per heavy atom. The molecule has 1 heteroatoms. The van der Waals surface area contributed by atoms with Gasteiger partial charge in [0.25, 0.3) is 0 Å². The molecule has 1 aromatic heterocycles. The van der Waals surface area contributed by atoms with Crippen molar-refractivity contribution in [3.63, 3.8) is 0 Å². The van der Waals surface area contributed by atoms with E-state index in [0.29, 0.717) is 0 Å². The maximum atomic E-state index is 4.82. The third kappa shape index (κ3) is 2.62. The fraction of sp³-hybridized carbons (Fsp3) is 0.0789. The fourth-order valence-corrected chi connectivity index (χ4v) is 7.42. The van der Waals surface area contributed by atoms with Crippen molar-refractivity contribution in [2.24, 2.45) is 0 Å². The Kier molecular flexibility index (Phi) is 3.92. The van der Waals surface area contributed by atoms with Gasteiger partial charge in [0.15, 0.2) is 0 Å². The van der Waals surface area contributed by atoms with Crippen molar-refractivity contribution in [1.29, 1.82) is 0 Å². The Balaban J connectivity index is 1.38. The van der Waals surface area contributed by atoms with Gasteiger partial charge in [-0.1, -0.05) is 98.8 Å². The first-order chi connectivity index (χ1) is 19.1. The Morgan fingerprint density at radius 2 is 1.15 bits per heavy atom. The third-order valence-electron chi connectivity index (χ3n) is 9.25. The van der Waals surface area contributed by atoms with Gasteiger partial charge in [-0.05, 0) is 95.5 Å². The molecular weight excluding hydrogens is 470 g/mol. The van der Waals surface area contributed by atoms with E-state index in [2.05, 4.69) is 117 Å². The number of nitrogens with zero attached hydrogens (tertiary/aromatic N) is 1. The number of pyridine rings is 1. The number of aromatic nitrogens is 1. The molecule has 0 saturated carbocycles. The van der Waals surface area contributed by atoms with Crippen LogP contribution in [0.4, 0.5) is 0 Å². The average molecular weight is 496 g/mol. The highest BCUT2D eigenvalue weighted by Gasteiger charge is 2.35. The Bertz CT molecular complexity index is 2200. The minimum Gasteiger partial charge on any atom is -0.256 e. The quantitative estimate of drug-likeness (QED) is 0.206. The zero-order valence-corrected chi connectivity index (χ0v) is 21.9. The highest BCUT2D eigenvalue weighted by atomic mass is 14.7. The van der Waals surface area contributed by atoms with Crippen LogP contribution in [0, 0.1) is 0 Å². The summed E-state index contributed by atoms with van der Waals surface area (Å²) in [5.74, 6) is 0. The molecule has 0 saturated heterocycles. The lowest BCUT2D eigenvalue weighted by molar-refractivity contribution is 0.660. The number of fused-ring (bicyclic) bond motifs is 10. The molecule has 7 aromatic rings. The summed E-state index contributed by atoms with van der Waals surface area (Å²) in [6.45, 7) is 4.72. The van der Waals surface area contributed by atoms with Crippen LogP contribution < -0.4 is 0 Å². The fourth-order valence-electron chi connectivity index (χ4n) is 7.42. The number of rotatable bonds is 1. The summed E-state index contributed by atoms with van der Waals surface area (Å²) in [5, 5.41) is 7.81. The maximum absolute atomic E-state index is 4.82. The van der Waals surface area contributed by atoms with Gasteiger partial charge in [0.05, 0.1) is 5.69 Å². The Hall–Kier alpha value is -4.75. The highest BCUT2D eigenvalue weighted by Crippen LogP contribution is 2.52. The number of hydrogen-bond acceptors (Lipinski definition) is 1. The molecule has 0 fully saturated rings. The smallest absolute Gasteiger partial charge is 0.0787 e. The van der Waals surface area contributed by atoms with Gasteiger partial charge in [-0.2, -0.15) is 0 Å². The third-order valence-corrected chi connectivity index (χ3v) is 9.25. The summed E-state index contributed by atoms with van der Waals surface area (Å²) in [7, 11) is 0. The topological polar surface area (TPSA) is 12.9 Å². The molecule has 2 aliphatic carbocycles. The van der Waals surface area contributed by atoms with Crippen LogP contribution in [0.2, 0.25) is 0 Å². The molecule has 182 valence electrons. The van der Waals surface area contributed by atoms with Gasteiger partial charge in [0.2, 0.25) is 0 Å². The van der Waals surface area contributed by atoms with Gasteiger partial charge in [-0.15, -0.1) is 0 Å².